The second-order valence-electron chi connectivity index (χ2n) is 4.49. The second-order valence-corrected chi connectivity index (χ2v) is 9.43. The molecule has 0 aliphatic carbocycles. The van der Waals surface area contributed by atoms with Crippen LogP contribution in [0.15, 0.2) is 68.1 Å². The summed E-state index contributed by atoms with van der Waals surface area (Å²) < 4.78 is 71.8. The normalized spacial score (nSPS) is 13.0. The van der Waals surface area contributed by atoms with Crippen LogP contribution < -0.4 is 10.3 Å². The summed E-state index contributed by atoms with van der Waals surface area (Å²) in [6, 6.07) is 9.25. The number of nitrogens with two attached hydrogens (primary N) is 2. The third-order valence-electron chi connectivity index (χ3n) is 2.89. The number of primary sulfonamides is 2. The third-order valence-corrected chi connectivity index (χ3v) is 6.96. The van der Waals surface area contributed by atoms with Gasteiger partial charge in [0.05, 0.1) is 9.79 Å². The molecule has 8 nitrogen and oxygen atoms in total. The molecule has 0 fully saturated rings. The lowest BCUT2D eigenvalue weighted by molar-refractivity contribution is 0.578. The lowest BCUT2D eigenvalue weighted by atomic mass is 10.4. The molecule has 0 amide bonds. The Morgan fingerprint density at radius 3 is 1.04 bits per heavy atom. The molecule has 124 valence electrons. The summed E-state index contributed by atoms with van der Waals surface area (Å²) in [5.74, 6) is 0. The van der Waals surface area contributed by atoms with Crippen LogP contribution in [0.2, 0.25) is 0 Å². The minimum Gasteiger partial charge on any atom is -0.225 e. The van der Waals surface area contributed by atoms with Gasteiger partial charge in [-0.3, -0.25) is 0 Å². The molecule has 0 radical (unpaired) electrons. The molecule has 0 unspecified atom stereocenters. The summed E-state index contributed by atoms with van der Waals surface area (Å²) in [7, 11) is -13.2. The fourth-order valence-corrected chi connectivity index (χ4v) is 5.94. The van der Waals surface area contributed by atoms with E-state index in [1.807, 2.05) is 0 Å². The number of sulfone groups is 1. The standard InChI is InChI=1S/C12H12N2O6S3/c13-22(17,18)11-7-3-1-5-9(11)21(15,16)10-6-2-4-8-12(10)23(14,19)20/h1-8H,(H2,13,17,18)(H2,14,19,20). The van der Waals surface area contributed by atoms with Gasteiger partial charge in [0.15, 0.2) is 0 Å². The first-order valence-electron chi connectivity index (χ1n) is 5.94. The van der Waals surface area contributed by atoms with E-state index < -0.39 is 49.5 Å². The zero-order chi connectivity index (χ0) is 17.5. The summed E-state index contributed by atoms with van der Waals surface area (Å²) >= 11 is 0. The van der Waals surface area contributed by atoms with Crippen molar-refractivity contribution in [3.8, 4) is 0 Å². The topological polar surface area (TPSA) is 154 Å². The van der Waals surface area contributed by atoms with E-state index >= 15 is 0 Å². The first-order chi connectivity index (χ1) is 10.5. The summed E-state index contributed by atoms with van der Waals surface area (Å²) in [6.07, 6.45) is 0. The average Bonchev–Trinajstić information content (AvgIpc) is 2.45. The van der Waals surface area contributed by atoms with Crippen molar-refractivity contribution in [1.29, 1.82) is 0 Å². The molecule has 0 saturated carbocycles. The predicted molar refractivity (Wildman–Crippen MR) is 81.1 cm³/mol. The average molecular weight is 376 g/mol. The van der Waals surface area contributed by atoms with Crippen LogP contribution in [0.1, 0.15) is 0 Å². The van der Waals surface area contributed by atoms with Crippen molar-refractivity contribution < 1.29 is 25.3 Å². The first kappa shape index (κ1) is 17.6. The van der Waals surface area contributed by atoms with E-state index in [1.165, 1.54) is 24.3 Å². The SMILES string of the molecule is NS(=O)(=O)c1ccccc1S(=O)(=O)c1ccccc1S(N)(=O)=O. The van der Waals surface area contributed by atoms with E-state index in [9.17, 15) is 25.3 Å². The number of hydrogen-bond acceptors (Lipinski definition) is 6. The third kappa shape index (κ3) is 3.43. The Morgan fingerprint density at radius 1 is 0.522 bits per heavy atom. The van der Waals surface area contributed by atoms with Crippen molar-refractivity contribution in [3.05, 3.63) is 48.5 Å². The van der Waals surface area contributed by atoms with Crippen molar-refractivity contribution in [2.75, 3.05) is 0 Å². The van der Waals surface area contributed by atoms with Crippen molar-refractivity contribution in [3.63, 3.8) is 0 Å². The van der Waals surface area contributed by atoms with Crippen LogP contribution in [0.4, 0.5) is 0 Å². The van der Waals surface area contributed by atoms with Gasteiger partial charge in [-0.1, -0.05) is 24.3 Å². The van der Waals surface area contributed by atoms with E-state index in [0.29, 0.717) is 0 Å². The van der Waals surface area contributed by atoms with Gasteiger partial charge >= 0.3 is 0 Å². The Hall–Kier alpha value is -1.79. The summed E-state index contributed by atoms with van der Waals surface area (Å²) in [5.41, 5.74) is 0. The van der Waals surface area contributed by atoms with Crippen molar-refractivity contribution in [2.45, 2.75) is 19.6 Å². The van der Waals surface area contributed by atoms with Crippen molar-refractivity contribution in [1.82, 2.24) is 0 Å². The number of sulfonamides is 2. The van der Waals surface area contributed by atoms with Crippen LogP contribution in [-0.2, 0) is 29.9 Å². The van der Waals surface area contributed by atoms with Gasteiger partial charge in [-0.25, -0.2) is 35.5 Å². The van der Waals surface area contributed by atoms with E-state index in [2.05, 4.69) is 0 Å². The lowest BCUT2D eigenvalue weighted by Crippen LogP contribution is -2.19. The van der Waals surface area contributed by atoms with Gasteiger partial charge in [0.2, 0.25) is 29.9 Å². The predicted octanol–water partition coefficient (Wildman–Crippen LogP) is -0.186. The fraction of sp³-hybridized carbons (Fsp3) is 0. The van der Waals surface area contributed by atoms with Crippen LogP contribution >= 0.6 is 0 Å². The van der Waals surface area contributed by atoms with Gasteiger partial charge in [-0.15, -0.1) is 0 Å². The molecule has 0 atom stereocenters. The van der Waals surface area contributed by atoms with Crippen LogP contribution in [0.3, 0.4) is 0 Å². The molecule has 0 aliphatic heterocycles. The molecule has 0 bridgehead atoms. The van der Waals surface area contributed by atoms with Crippen molar-refractivity contribution in [2.24, 2.45) is 10.3 Å². The Bertz CT molecular complexity index is 992. The Labute approximate surface area is 133 Å². The number of rotatable bonds is 4. The highest BCUT2D eigenvalue weighted by molar-refractivity contribution is 7.95. The lowest BCUT2D eigenvalue weighted by Gasteiger charge is -2.11. The number of hydrogen-bond donors (Lipinski definition) is 2. The molecule has 0 heterocycles. The molecule has 2 aromatic rings. The maximum atomic E-state index is 12.7. The molecule has 4 N–H and O–H groups in total. The molecule has 23 heavy (non-hydrogen) atoms. The molecule has 0 aliphatic rings. The Morgan fingerprint density at radius 2 is 0.783 bits per heavy atom. The van der Waals surface area contributed by atoms with E-state index in [0.717, 1.165) is 24.3 Å². The quantitative estimate of drug-likeness (QED) is 0.754. The molecule has 0 saturated heterocycles. The summed E-state index contributed by atoms with van der Waals surface area (Å²) in [6.45, 7) is 0. The highest BCUT2D eigenvalue weighted by Gasteiger charge is 2.30. The molecule has 11 heteroatoms. The maximum Gasteiger partial charge on any atom is 0.239 e. The largest absolute Gasteiger partial charge is 0.239 e. The van der Waals surface area contributed by atoms with Gasteiger partial charge in [-0.2, -0.15) is 0 Å². The molecule has 0 aromatic heterocycles. The monoisotopic (exact) mass is 376 g/mol. The van der Waals surface area contributed by atoms with Gasteiger partial charge in [0, 0.05) is 0 Å². The smallest absolute Gasteiger partial charge is 0.225 e. The van der Waals surface area contributed by atoms with Crippen LogP contribution in [-0.4, -0.2) is 25.3 Å². The van der Waals surface area contributed by atoms with Gasteiger partial charge in [0.25, 0.3) is 0 Å². The van der Waals surface area contributed by atoms with E-state index in [4.69, 9.17) is 10.3 Å². The fourth-order valence-electron chi connectivity index (χ4n) is 1.93. The number of benzene rings is 2. The minimum absolute atomic E-state index is 0.626. The van der Waals surface area contributed by atoms with E-state index in [-0.39, 0.29) is 0 Å². The van der Waals surface area contributed by atoms with Crippen molar-refractivity contribution >= 4 is 29.9 Å². The molecular formula is C12H12N2O6S3. The van der Waals surface area contributed by atoms with Gasteiger partial charge in [-0.05, 0) is 24.3 Å². The van der Waals surface area contributed by atoms with Gasteiger partial charge in [0.1, 0.15) is 9.79 Å². The minimum atomic E-state index is -4.48. The Balaban J connectivity index is 2.88. The van der Waals surface area contributed by atoms with Crippen LogP contribution in [0.25, 0.3) is 0 Å². The molecule has 0 spiro atoms. The summed E-state index contributed by atoms with van der Waals surface area (Å²) in [5, 5.41) is 10.0. The summed E-state index contributed by atoms with van der Waals surface area (Å²) in [4.78, 5) is -2.52. The molecule has 2 aromatic carbocycles. The molecule has 2 rings (SSSR count). The Kier molecular flexibility index (Phi) is 4.34. The first-order valence-corrected chi connectivity index (χ1v) is 10.5. The van der Waals surface area contributed by atoms with Gasteiger partial charge < -0.3 is 0 Å². The zero-order valence-electron chi connectivity index (χ0n) is 11.4. The zero-order valence-corrected chi connectivity index (χ0v) is 13.9. The molecular weight excluding hydrogens is 364 g/mol. The van der Waals surface area contributed by atoms with E-state index in [1.54, 1.807) is 0 Å². The van der Waals surface area contributed by atoms with Crippen LogP contribution in [0, 0.1) is 0 Å². The second kappa shape index (κ2) is 5.69. The van der Waals surface area contributed by atoms with Crippen LogP contribution in [0.5, 0.6) is 0 Å². The maximum absolute atomic E-state index is 12.7. The highest BCUT2D eigenvalue weighted by Crippen LogP contribution is 2.30. The highest BCUT2D eigenvalue weighted by atomic mass is 32.2.